The van der Waals surface area contributed by atoms with Gasteiger partial charge in [-0.05, 0) is 42.9 Å². The van der Waals surface area contributed by atoms with E-state index < -0.39 is 10.0 Å². The minimum Gasteiger partial charge on any atom is -0.396 e. The summed E-state index contributed by atoms with van der Waals surface area (Å²) in [5, 5.41) is 17.7. The average Bonchev–Trinajstić information content (AvgIpc) is 2.48. The highest BCUT2D eigenvalue weighted by Crippen LogP contribution is 2.23. The van der Waals surface area contributed by atoms with Crippen molar-refractivity contribution in [1.82, 2.24) is 4.31 Å². The fourth-order valence-corrected chi connectivity index (χ4v) is 4.32. The fourth-order valence-electron chi connectivity index (χ4n) is 2.68. The van der Waals surface area contributed by atoms with Crippen LogP contribution >= 0.6 is 0 Å². The first-order valence-corrected chi connectivity index (χ1v) is 8.74. The van der Waals surface area contributed by atoms with Crippen LogP contribution < -0.4 is 0 Å². The number of aliphatic hydroxyl groups is 1. The number of aliphatic hydroxyl groups excluding tert-OH is 1. The van der Waals surface area contributed by atoms with Crippen LogP contribution in [0.15, 0.2) is 24.3 Å². The van der Waals surface area contributed by atoms with Crippen molar-refractivity contribution in [2.75, 3.05) is 19.7 Å². The quantitative estimate of drug-likeness (QED) is 0.893. The Morgan fingerprint density at radius 2 is 2.05 bits per heavy atom. The van der Waals surface area contributed by atoms with Gasteiger partial charge >= 0.3 is 0 Å². The summed E-state index contributed by atoms with van der Waals surface area (Å²) in [7, 11) is -3.34. The predicted octanol–water partition coefficient (Wildman–Crippen LogP) is 1.48. The van der Waals surface area contributed by atoms with Gasteiger partial charge in [-0.2, -0.15) is 5.26 Å². The lowest BCUT2D eigenvalue weighted by Gasteiger charge is -2.31. The Kier molecular flexibility index (Phi) is 5.34. The van der Waals surface area contributed by atoms with E-state index >= 15 is 0 Å². The third kappa shape index (κ3) is 4.27. The van der Waals surface area contributed by atoms with E-state index in [-0.39, 0.29) is 18.3 Å². The van der Waals surface area contributed by atoms with E-state index in [9.17, 15) is 8.42 Å². The molecule has 0 bridgehead atoms. The number of sulfonamides is 1. The van der Waals surface area contributed by atoms with Crippen molar-refractivity contribution in [1.29, 1.82) is 5.26 Å². The Labute approximate surface area is 125 Å². The zero-order valence-electron chi connectivity index (χ0n) is 11.9. The molecule has 0 radical (unpaired) electrons. The third-order valence-corrected chi connectivity index (χ3v) is 5.66. The Balaban J connectivity index is 2.05. The van der Waals surface area contributed by atoms with Gasteiger partial charge in [0, 0.05) is 19.7 Å². The third-order valence-electron chi connectivity index (χ3n) is 3.84. The summed E-state index contributed by atoms with van der Waals surface area (Å²) >= 11 is 0. The second-order valence-electron chi connectivity index (χ2n) is 5.44. The van der Waals surface area contributed by atoms with Crippen LogP contribution in [0.25, 0.3) is 0 Å². The number of hydrogen-bond donors (Lipinski definition) is 1. The minimum absolute atomic E-state index is 0.0371. The topological polar surface area (TPSA) is 81.4 Å². The molecular weight excluding hydrogens is 288 g/mol. The zero-order valence-corrected chi connectivity index (χ0v) is 12.7. The molecule has 0 spiro atoms. The molecule has 114 valence electrons. The Morgan fingerprint density at radius 3 is 2.67 bits per heavy atom. The summed E-state index contributed by atoms with van der Waals surface area (Å²) in [6, 6.07) is 8.66. The molecule has 1 unspecified atom stereocenters. The first kappa shape index (κ1) is 16.0. The van der Waals surface area contributed by atoms with E-state index in [0.29, 0.717) is 30.6 Å². The molecule has 0 saturated carbocycles. The molecule has 5 nitrogen and oxygen atoms in total. The summed E-state index contributed by atoms with van der Waals surface area (Å²) in [4.78, 5) is 0. The van der Waals surface area contributed by atoms with E-state index in [2.05, 4.69) is 0 Å². The highest BCUT2D eigenvalue weighted by Gasteiger charge is 2.28. The highest BCUT2D eigenvalue weighted by molar-refractivity contribution is 7.88. The molecule has 1 heterocycles. The molecule has 1 fully saturated rings. The van der Waals surface area contributed by atoms with Gasteiger partial charge in [0.2, 0.25) is 10.0 Å². The lowest BCUT2D eigenvalue weighted by Crippen LogP contribution is -2.40. The van der Waals surface area contributed by atoms with E-state index in [1.54, 1.807) is 24.3 Å². The Bertz CT molecular complexity index is 603. The van der Waals surface area contributed by atoms with Gasteiger partial charge in [0.25, 0.3) is 0 Å². The number of nitriles is 1. The summed E-state index contributed by atoms with van der Waals surface area (Å²) in [6.45, 7) is 1.16. The summed E-state index contributed by atoms with van der Waals surface area (Å²) in [6.07, 6.45) is 2.48. The van der Waals surface area contributed by atoms with E-state index in [1.165, 1.54) is 4.31 Å². The molecule has 21 heavy (non-hydrogen) atoms. The molecule has 1 aromatic carbocycles. The van der Waals surface area contributed by atoms with Gasteiger partial charge in [0.15, 0.2) is 0 Å². The first-order chi connectivity index (χ1) is 10.0. The van der Waals surface area contributed by atoms with Crippen LogP contribution in [-0.4, -0.2) is 37.5 Å². The fraction of sp³-hybridized carbons (Fsp3) is 0.533. The number of nitrogens with zero attached hydrogens (tertiary/aromatic N) is 2. The second kappa shape index (κ2) is 7.03. The van der Waals surface area contributed by atoms with Crippen LogP contribution in [0.3, 0.4) is 0 Å². The van der Waals surface area contributed by atoms with Crippen LogP contribution in [0.5, 0.6) is 0 Å². The van der Waals surface area contributed by atoms with Gasteiger partial charge in [-0.1, -0.05) is 12.1 Å². The molecule has 1 aromatic rings. The maximum Gasteiger partial charge on any atom is 0.218 e. The van der Waals surface area contributed by atoms with Crippen LogP contribution in [0, 0.1) is 17.2 Å². The average molecular weight is 308 g/mol. The number of benzene rings is 1. The van der Waals surface area contributed by atoms with Crippen molar-refractivity contribution in [2.45, 2.75) is 25.0 Å². The molecule has 1 aliphatic rings. The van der Waals surface area contributed by atoms with Gasteiger partial charge in [-0.3, -0.25) is 0 Å². The summed E-state index contributed by atoms with van der Waals surface area (Å²) in [5.74, 6) is 0.212. The highest BCUT2D eigenvalue weighted by atomic mass is 32.2. The lowest BCUT2D eigenvalue weighted by molar-refractivity contribution is 0.202. The van der Waals surface area contributed by atoms with Gasteiger partial charge < -0.3 is 5.11 Å². The maximum atomic E-state index is 12.5. The van der Waals surface area contributed by atoms with Crippen LogP contribution in [-0.2, 0) is 15.8 Å². The molecular formula is C15H20N2O3S. The Morgan fingerprint density at radius 1 is 1.33 bits per heavy atom. The predicted molar refractivity (Wildman–Crippen MR) is 79.8 cm³/mol. The molecule has 1 N–H and O–H groups in total. The molecule has 0 aliphatic carbocycles. The van der Waals surface area contributed by atoms with Gasteiger partial charge in [-0.15, -0.1) is 0 Å². The maximum absolute atomic E-state index is 12.5. The number of rotatable bonds is 5. The van der Waals surface area contributed by atoms with Crippen molar-refractivity contribution in [3.05, 3.63) is 35.4 Å². The molecule has 1 aliphatic heterocycles. The van der Waals surface area contributed by atoms with Crippen molar-refractivity contribution in [3.63, 3.8) is 0 Å². The molecule has 0 amide bonds. The van der Waals surface area contributed by atoms with E-state index in [0.717, 1.165) is 12.8 Å². The monoisotopic (exact) mass is 308 g/mol. The van der Waals surface area contributed by atoms with Gasteiger partial charge in [0.1, 0.15) is 0 Å². The molecule has 2 rings (SSSR count). The number of hydrogen-bond acceptors (Lipinski definition) is 4. The van der Waals surface area contributed by atoms with Gasteiger partial charge in [-0.25, -0.2) is 12.7 Å². The molecule has 6 heteroatoms. The second-order valence-corrected chi connectivity index (χ2v) is 7.41. The van der Waals surface area contributed by atoms with E-state index in [4.69, 9.17) is 10.4 Å². The van der Waals surface area contributed by atoms with Crippen molar-refractivity contribution in [3.8, 4) is 6.07 Å². The largest absolute Gasteiger partial charge is 0.396 e. The zero-order chi connectivity index (χ0) is 15.3. The first-order valence-electron chi connectivity index (χ1n) is 7.13. The normalized spacial score (nSPS) is 20.1. The standard InChI is InChI=1S/C15H20N2O3S/c16-10-13-3-5-15(6-4-13)12-21(19,20)17-8-1-2-14(11-17)7-9-18/h3-6,14,18H,1-2,7-9,11-12H2. The lowest BCUT2D eigenvalue weighted by atomic mass is 9.97. The summed E-state index contributed by atoms with van der Waals surface area (Å²) in [5.41, 5.74) is 1.22. The smallest absolute Gasteiger partial charge is 0.218 e. The van der Waals surface area contributed by atoms with Crippen molar-refractivity contribution < 1.29 is 13.5 Å². The van der Waals surface area contributed by atoms with Crippen LogP contribution in [0.1, 0.15) is 30.4 Å². The molecule has 1 saturated heterocycles. The van der Waals surface area contributed by atoms with Crippen LogP contribution in [0.4, 0.5) is 0 Å². The SMILES string of the molecule is N#Cc1ccc(CS(=O)(=O)N2CCCC(CCO)C2)cc1. The summed E-state index contributed by atoms with van der Waals surface area (Å²) < 4.78 is 26.5. The van der Waals surface area contributed by atoms with E-state index in [1.807, 2.05) is 6.07 Å². The van der Waals surface area contributed by atoms with Crippen LogP contribution in [0.2, 0.25) is 0 Å². The molecule has 1 atom stereocenters. The minimum atomic E-state index is -3.34. The van der Waals surface area contributed by atoms with Gasteiger partial charge in [0.05, 0.1) is 17.4 Å². The number of piperidine rings is 1. The van der Waals surface area contributed by atoms with Crippen molar-refractivity contribution in [2.24, 2.45) is 5.92 Å². The molecule has 0 aromatic heterocycles. The Hall–Kier alpha value is -1.42. The van der Waals surface area contributed by atoms with Crippen molar-refractivity contribution >= 4 is 10.0 Å².